The molecule has 0 saturated carbocycles. The van der Waals surface area contributed by atoms with Gasteiger partial charge < -0.3 is 5.32 Å². The van der Waals surface area contributed by atoms with E-state index in [9.17, 15) is 14.9 Å². The van der Waals surface area contributed by atoms with E-state index in [2.05, 4.69) is 5.32 Å². The van der Waals surface area contributed by atoms with Crippen LogP contribution in [0.5, 0.6) is 0 Å². The van der Waals surface area contributed by atoms with Crippen molar-refractivity contribution in [3.63, 3.8) is 0 Å². The maximum atomic E-state index is 11.6. The zero-order valence-corrected chi connectivity index (χ0v) is 10.9. The number of rotatable bonds is 6. The Labute approximate surface area is 108 Å². The molecular weight excluding hydrogens is 264 g/mol. The fourth-order valence-corrected chi connectivity index (χ4v) is 2.29. The van der Waals surface area contributed by atoms with E-state index < -0.39 is 4.92 Å². The van der Waals surface area contributed by atoms with Crippen molar-refractivity contribution in [1.29, 1.82) is 0 Å². The topological polar surface area (TPSA) is 72.2 Å². The van der Waals surface area contributed by atoms with Gasteiger partial charge in [-0.1, -0.05) is 24.7 Å². The second-order valence-corrected chi connectivity index (χ2v) is 5.17. The molecule has 0 aliphatic heterocycles. The molecule has 0 radical (unpaired) electrons. The number of carbonyl (C=O) groups is 1. The van der Waals surface area contributed by atoms with Gasteiger partial charge in [-0.3, -0.25) is 14.9 Å². The Balaban J connectivity index is 2.49. The highest BCUT2D eigenvalue weighted by atomic mass is 35.5. The average molecular weight is 277 g/mol. The lowest BCUT2D eigenvalue weighted by Gasteiger charge is -2.08. The molecule has 0 aliphatic rings. The number of amides is 1. The van der Waals surface area contributed by atoms with Gasteiger partial charge in [0, 0.05) is 12.6 Å². The van der Waals surface area contributed by atoms with Crippen LogP contribution in [-0.2, 0) is 0 Å². The summed E-state index contributed by atoms with van der Waals surface area (Å²) in [6, 6.07) is 2.77. The summed E-state index contributed by atoms with van der Waals surface area (Å²) < 4.78 is 0. The van der Waals surface area contributed by atoms with Crippen molar-refractivity contribution in [2.24, 2.45) is 0 Å². The van der Waals surface area contributed by atoms with E-state index in [-0.39, 0.29) is 16.3 Å². The van der Waals surface area contributed by atoms with E-state index in [0.29, 0.717) is 11.4 Å². The molecule has 0 fully saturated rings. The predicted molar refractivity (Wildman–Crippen MR) is 67.9 cm³/mol. The number of nitro groups is 1. The van der Waals surface area contributed by atoms with Gasteiger partial charge in [-0.15, -0.1) is 11.6 Å². The molecular formula is C10H13ClN2O3S. The third-order valence-corrected chi connectivity index (χ3v) is 3.49. The van der Waals surface area contributed by atoms with E-state index in [4.69, 9.17) is 11.6 Å². The molecule has 1 aromatic rings. The quantitative estimate of drug-likeness (QED) is 0.493. The number of carbonyl (C=O) groups excluding carboxylic acids is 1. The normalized spacial score (nSPS) is 12.1. The summed E-state index contributed by atoms with van der Waals surface area (Å²) in [4.78, 5) is 21.9. The van der Waals surface area contributed by atoms with E-state index in [1.807, 2.05) is 6.92 Å². The summed E-state index contributed by atoms with van der Waals surface area (Å²) >= 11 is 6.81. The predicted octanol–water partition coefficient (Wildman–Crippen LogP) is 2.79. The maximum Gasteiger partial charge on any atom is 0.324 e. The van der Waals surface area contributed by atoms with Gasteiger partial charge in [0.1, 0.15) is 0 Å². The zero-order chi connectivity index (χ0) is 12.8. The highest BCUT2D eigenvalue weighted by Crippen LogP contribution is 2.23. The Bertz CT molecular complexity index is 408. The lowest BCUT2D eigenvalue weighted by Crippen LogP contribution is -2.29. The molecule has 0 spiro atoms. The first-order valence-electron chi connectivity index (χ1n) is 5.21. The number of hydrogen-bond donors (Lipinski definition) is 1. The standard InChI is InChI=1S/C10H13ClN2O3S/c1-2-3-7(11)6-12-10(14)8-4-5-9(17-8)13(15)16/h4-5,7H,2-3,6H2,1H3,(H,12,14). The number of hydrogen-bond acceptors (Lipinski definition) is 4. The van der Waals surface area contributed by atoms with E-state index in [0.717, 1.165) is 24.2 Å². The zero-order valence-electron chi connectivity index (χ0n) is 9.31. The Morgan fingerprint density at radius 3 is 2.88 bits per heavy atom. The van der Waals surface area contributed by atoms with Crippen molar-refractivity contribution >= 4 is 33.8 Å². The Kier molecular flexibility index (Phi) is 5.37. The van der Waals surface area contributed by atoms with Crippen LogP contribution in [-0.4, -0.2) is 22.8 Å². The number of alkyl halides is 1. The molecule has 1 aromatic heterocycles. The van der Waals surface area contributed by atoms with Crippen LogP contribution in [0.3, 0.4) is 0 Å². The summed E-state index contributed by atoms with van der Waals surface area (Å²) in [7, 11) is 0. The molecule has 7 heteroatoms. The number of thiophene rings is 1. The van der Waals surface area contributed by atoms with E-state index in [1.165, 1.54) is 12.1 Å². The van der Waals surface area contributed by atoms with Crippen LogP contribution in [0, 0.1) is 10.1 Å². The molecule has 1 atom stereocenters. The third-order valence-electron chi connectivity index (χ3n) is 2.08. The molecule has 0 saturated heterocycles. The number of nitrogens with zero attached hydrogens (tertiary/aromatic N) is 1. The first-order chi connectivity index (χ1) is 8.04. The van der Waals surface area contributed by atoms with Crippen molar-refractivity contribution in [3.8, 4) is 0 Å². The average Bonchev–Trinajstić information content (AvgIpc) is 2.75. The van der Waals surface area contributed by atoms with Crippen LogP contribution in [0.2, 0.25) is 0 Å². The van der Waals surface area contributed by atoms with Gasteiger partial charge >= 0.3 is 5.00 Å². The van der Waals surface area contributed by atoms with Crippen molar-refractivity contribution in [1.82, 2.24) is 5.32 Å². The molecule has 1 N–H and O–H groups in total. The Morgan fingerprint density at radius 2 is 2.35 bits per heavy atom. The molecule has 1 amide bonds. The second kappa shape index (κ2) is 6.56. The fourth-order valence-electron chi connectivity index (χ4n) is 1.25. The lowest BCUT2D eigenvalue weighted by atomic mass is 10.2. The highest BCUT2D eigenvalue weighted by molar-refractivity contribution is 7.17. The van der Waals surface area contributed by atoms with Gasteiger partial charge in [-0.2, -0.15) is 0 Å². The molecule has 1 rings (SSSR count). The second-order valence-electron chi connectivity index (χ2n) is 3.49. The van der Waals surface area contributed by atoms with Gasteiger partial charge in [0.25, 0.3) is 5.91 Å². The minimum absolute atomic E-state index is 0.0360. The number of nitrogens with one attached hydrogen (secondary N) is 1. The highest BCUT2D eigenvalue weighted by Gasteiger charge is 2.15. The first-order valence-corrected chi connectivity index (χ1v) is 6.46. The third kappa shape index (κ3) is 4.32. The molecule has 1 unspecified atom stereocenters. The molecule has 17 heavy (non-hydrogen) atoms. The molecule has 0 aliphatic carbocycles. The van der Waals surface area contributed by atoms with Crippen molar-refractivity contribution in [2.45, 2.75) is 25.1 Å². The summed E-state index contributed by atoms with van der Waals surface area (Å²) in [5, 5.41) is 13.0. The fraction of sp³-hybridized carbons (Fsp3) is 0.500. The van der Waals surface area contributed by atoms with Gasteiger partial charge in [-0.05, 0) is 12.5 Å². The Morgan fingerprint density at radius 1 is 1.65 bits per heavy atom. The van der Waals surface area contributed by atoms with Crippen molar-refractivity contribution in [3.05, 3.63) is 27.1 Å². The lowest BCUT2D eigenvalue weighted by molar-refractivity contribution is -0.380. The van der Waals surface area contributed by atoms with Gasteiger partial charge in [0.2, 0.25) is 0 Å². The summed E-state index contributed by atoms with van der Waals surface area (Å²) in [5.74, 6) is -0.315. The minimum atomic E-state index is -0.511. The monoisotopic (exact) mass is 276 g/mol. The SMILES string of the molecule is CCCC(Cl)CNC(=O)c1ccc([N+](=O)[O-])s1. The molecule has 0 bridgehead atoms. The van der Waals surface area contributed by atoms with Crippen molar-refractivity contribution in [2.75, 3.05) is 6.54 Å². The molecule has 5 nitrogen and oxygen atoms in total. The molecule has 94 valence electrons. The Hall–Kier alpha value is -1.14. The van der Waals surface area contributed by atoms with Crippen LogP contribution in [0.25, 0.3) is 0 Å². The van der Waals surface area contributed by atoms with Gasteiger partial charge in [-0.25, -0.2) is 0 Å². The summed E-state index contributed by atoms with van der Waals surface area (Å²) in [6.45, 7) is 2.39. The largest absolute Gasteiger partial charge is 0.350 e. The maximum absolute atomic E-state index is 11.6. The van der Waals surface area contributed by atoms with E-state index in [1.54, 1.807) is 0 Å². The van der Waals surface area contributed by atoms with Crippen LogP contribution in [0.4, 0.5) is 5.00 Å². The van der Waals surface area contributed by atoms with Gasteiger partial charge in [0.05, 0.1) is 15.2 Å². The van der Waals surface area contributed by atoms with Crippen LogP contribution < -0.4 is 5.32 Å². The van der Waals surface area contributed by atoms with Crippen LogP contribution in [0.15, 0.2) is 12.1 Å². The van der Waals surface area contributed by atoms with E-state index >= 15 is 0 Å². The number of halogens is 1. The summed E-state index contributed by atoms with van der Waals surface area (Å²) in [6.07, 6.45) is 1.78. The van der Waals surface area contributed by atoms with Crippen LogP contribution >= 0.6 is 22.9 Å². The first kappa shape index (κ1) is 13.9. The van der Waals surface area contributed by atoms with Crippen molar-refractivity contribution < 1.29 is 9.72 Å². The minimum Gasteiger partial charge on any atom is -0.350 e. The summed E-state index contributed by atoms with van der Waals surface area (Å²) in [5.41, 5.74) is 0. The molecule has 1 heterocycles. The smallest absolute Gasteiger partial charge is 0.324 e. The van der Waals surface area contributed by atoms with Gasteiger partial charge in [0.15, 0.2) is 0 Å². The molecule has 0 aromatic carbocycles. The van der Waals surface area contributed by atoms with Crippen LogP contribution in [0.1, 0.15) is 29.4 Å².